The molecule has 2 aromatic heterocycles. The minimum Gasteiger partial charge on any atom is -0.393 e. The van der Waals surface area contributed by atoms with E-state index in [-0.39, 0.29) is 6.04 Å². The lowest BCUT2D eigenvalue weighted by Crippen LogP contribution is -2.35. The zero-order valence-corrected chi connectivity index (χ0v) is 11.1. The Bertz CT molecular complexity index is 550. The van der Waals surface area contributed by atoms with Crippen molar-refractivity contribution in [1.29, 1.82) is 0 Å². The van der Waals surface area contributed by atoms with Gasteiger partial charge in [0.2, 0.25) is 0 Å². The van der Waals surface area contributed by atoms with Gasteiger partial charge in [-0.25, -0.2) is 0 Å². The number of nitrogens with two attached hydrogens (primary N) is 1. The van der Waals surface area contributed by atoms with E-state index in [1.165, 1.54) is 0 Å². The molecule has 0 aliphatic heterocycles. The van der Waals surface area contributed by atoms with Gasteiger partial charge in [-0.05, 0) is 24.3 Å². The standard InChI is InChI=1S/C10H15N7S/c1-7(2)16(4-3-8(11)18)10-6-12-5-9-13-14-15-17(9)10/h5-7H,3-4H2,1-2H3,(H2,11,18). The van der Waals surface area contributed by atoms with Crippen LogP contribution in [0.5, 0.6) is 0 Å². The van der Waals surface area contributed by atoms with Gasteiger partial charge >= 0.3 is 0 Å². The van der Waals surface area contributed by atoms with E-state index in [1.54, 1.807) is 16.9 Å². The van der Waals surface area contributed by atoms with Gasteiger partial charge in [-0.3, -0.25) is 4.98 Å². The summed E-state index contributed by atoms with van der Waals surface area (Å²) in [7, 11) is 0. The number of aromatic nitrogens is 5. The Balaban J connectivity index is 2.35. The molecule has 7 nitrogen and oxygen atoms in total. The van der Waals surface area contributed by atoms with Gasteiger partial charge in [0.1, 0.15) is 0 Å². The monoisotopic (exact) mass is 265 g/mol. The van der Waals surface area contributed by atoms with Crippen LogP contribution < -0.4 is 10.6 Å². The van der Waals surface area contributed by atoms with Crippen LogP contribution in [0.15, 0.2) is 12.4 Å². The van der Waals surface area contributed by atoms with E-state index in [2.05, 4.69) is 39.3 Å². The highest BCUT2D eigenvalue weighted by Gasteiger charge is 2.15. The summed E-state index contributed by atoms with van der Waals surface area (Å²) >= 11 is 4.92. The summed E-state index contributed by atoms with van der Waals surface area (Å²) < 4.78 is 1.66. The van der Waals surface area contributed by atoms with Gasteiger partial charge in [-0.2, -0.15) is 4.52 Å². The lowest BCUT2D eigenvalue weighted by molar-refractivity contribution is 0.660. The van der Waals surface area contributed by atoms with Crippen molar-refractivity contribution in [2.45, 2.75) is 26.3 Å². The van der Waals surface area contributed by atoms with E-state index in [4.69, 9.17) is 18.0 Å². The molecular formula is C10H15N7S. The Morgan fingerprint density at radius 2 is 2.28 bits per heavy atom. The molecule has 0 amide bonds. The normalized spacial score (nSPS) is 11.1. The Kier molecular flexibility index (Phi) is 3.66. The number of anilines is 1. The maximum Gasteiger partial charge on any atom is 0.199 e. The number of nitrogens with zero attached hydrogens (tertiary/aromatic N) is 6. The molecule has 8 heteroatoms. The van der Waals surface area contributed by atoms with Crippen molar-refractivity contribution in [2.75, 3.05) is 11.4 Å². The summed E-state index contributed by atoms with van der Waals surface area (Å²) in [5.41, 5.74) is 6.17. The maximum atomic E-state index is 5.55. The first-order valence-corrected chi connectivity index (χ1v) is 6.07. The molecular weight excluding hydrogens is 250 g/mol. The predicted molar refractivity (Wildman–Crippen MR) is 72.5 cm³/mol. The summed E-state index contributed by atoms with van der Waals surface area (Å²) in [6.07, 6.45) is 4.00. The first-order valence-electron chi connectivity index (χ1n) is 5.66. The summed E-state index contributed by atoms with van der Waals surface area (Å²) in [6, 6.07) is 0.274. The fraction of sp³-hybridized carbons (Fsp3) is 0.500. The molecule has 0 atom stereocenters. The number of hydrogen-bond acceptors (Lipinski definition) is 6. The molecule has 2 heterocycles. The highest BCUT2D eigenvalue weighted by atomic mass is 32.1. The van der Waals surface area contributed by atoms with E-state index in [9.17, 15) is 0 Å². The van der Waals surface area contributed by atoms with Crippen molar-refractivity contribution in [1.82, 2.24) is 25.0 Å². The van der Waals surface area contributed by atoms with Crippen LogP contribution in [-0.4, -0.2) is 42.6 Å². The first-order chi connectivity index (χ1) is 8.59. The van der Waals surface area contributed by atoms with Crippen LogP contribution in [0.3, 0.4) is 0 Å². The van der Waals surface area contributed by atoms with Gasteiger partial charge < -0.3 is 10.6 Å². The molecule has 0 aliphatic rings. The van der Waals surface area contributed by atoms with Crippen molar-refractivity contribution < 1.29 is 0 Å². The Labute approximate surface area is 110 Å². The maximum absolute atomic E-state index is 5.55. The lowest BCUT2D eigenvalue weighted by Gasteiger charge is -2.28. The topological polar surface area (TPSA) is 85.2 Å². The molecule has 0 spiro atoms. The minimum absolute atomic E-state index is 0.274. The molecule has 96 valence electrons. The highest BCUT2D eigenvalue weighted by molar-refractivity contribution is 7.80. The van der Waals surface area contributed by atoms with Crippen LogP contribution in [0.4, 0.5) is 5.82 Å². The number of thiocarbonyl (C=S) groups is 1. The quantitative estimate of drug-likeness (QED) is 0.784. The molecule has 0 fully saturated rings. The van der Waals surface area contributed by atoms with E-state index >= 15 is 0 Å². The molecule has 2 aromatic rings. The zero-order chi connectivity index (χ0) is 13.1. The third-order valence-electron chi connectivity index (χ3n) is 2.61. The van der Waals surface area contributed by atoms with Crippen molar-refractivity contribution in [3.05, 3.63) is 12.4 Å². The van der Waals surface area contributed by atoms with Gasteiger partial charge in [0.25, 0.3) is 0 Å². The molecule has 0 radical (unpaired) electrons. The van der Waals surface area contributed by atoms with Crippen LogP contribution in [0.25, 0.3) is 5.65 Å². The van der Waals surface area contributed by atoms with E-state index < -0.39 is 0 Å². The van der Waals surface area contributed by atoms with Crippen molar-refractivity contribution >= 4 is 28.7 Å². The van der Waals surface area contributed by atoms with Gasteiger partial charge in [-0.1, -0.05) is 12.2 Å². The van der Waals surface area contributed by atoms with E-state index in [0.717, 1.165) is 5.82 Å². The van der Waals surface area contributed by atoms with Gasteiger partial charge in [-0.15, -0.1) is 5.10 Å². The predicted octanol–water partition coefficient (Wildman–Crippen LogP) is 0.410. The summed E-state index contributed by atoms with van der Waals surface area (Å²) in [6.45, 7) is 4.89. The second kappa shape index (κ2) is 5.21. The molecule has 0 saturated heterocycles. The molecule has 0 aromatic carbocycles. The number of rotatable bonds is 5. The lowest BCUT2D eigenvalue weighted by atomic mass is 10.3. The van der Waals surface area contributed by atoms with Crippen molar-refractivity contribution in [3.8, 4) is 0 Å². The van der Waals surface area contributed by atoms with E-state index in [0.29, 0.717) is 23.6 Å². The molecule has 0 aliphatic carbocycles. The Hall–Kier alpha value is -1.83. The minimum atomic E-state index is 0.274. The largest absolute Gasteiger partial charge is 0.393 e. The van der Waals surface area contributed by atoms with Gasteiger partial charge in [0.15, 0.2) is 11.5 Å². The molecule has 2 rings (SSSR count). The van der Waals surface area contributed by atoms with Crippen molar-refractivity contribution in [2.24, 2.45) is 5.73 Å². The number of hydrogen-bond donors (Lipinski definition) is 1. The van der Waals surface area contributed by atoms with Gasteiger partial charge in [0, 0.05) is 19.0 Å². The van der Waals surface area contributed by atoms with Crippen LogP contribution in [0.2, 0.25) is 0 Å². The smallest absolute Gasteiger partial charge is 0.199 e. The third-order valence-corrected chi connectivity index (χ3v) is 2.81. The summed E-state index contributed by atoms with van der Waals surface area (Å²) in [4.78, 5) is 6.76. The van der Waals surface area contributed by atoms with Crippen LogP contribution in [0, 0.1) is 0 Å². The second-order valence-corrected chi connectivity index (χ2v) is 4.74. The molecule has 0 saturated carbocycles. The second-order valence-electron chi connectivity index (χ2n) is 4.22. The molecule has 2 N–H and O–H groups in total. The molecule has 18 heavy (non-hydrogen) atoms. The number of fused-ring (bicyclic) bond motifs is 1. The SMILES string of the molecule is CC(C)N(CCC(N)=S)c1cncc2nnnn12. The van der Waals surface area contributed by atoms with E-state index in [1.807, 2.05) is 0 Å². The highest BCUT2D eigenvalue weighted by Crippen LogP contribution is 2.16. The fourth-order valence-electron chi connectivity index (χ4n) is 1.73. The van der Waals surface area contributed by atoms with Crippen molar-refractivity contribution in [3.63, 3.8) is 0 Å². The first kappa shape index (κ1) is 12.6. The average Bonchev–Trinajstić information content (AvgIpc) is 2.77. The summed E-state index contributed by atoms with van der Waals surface area (Å²) in [5.74, 6) is 0.837. The third kappa shape index (κ3) is 2.53. The Morgan fingerprint density at radius 1 is 1.50 bits per heavy atom. The van der Waals surface area contributed by atoms with Crippen LogP contribution in [0.1, 0.15) is 20.3 Å². The van der Waals surface area contributed by atoms with Crippen LogP contribution in [-0.2, 0) is 0 Å². The van der Waals surface area contributed by atoms with Gasteiger partial charge in [0.05, 0.1) is 17.4 Å². The fourth-order valence-corrected chi connectivity index (χ4v) is 1.82. The zero-order valence-electron chi connectivity index (χ0n) is 10.3. The van der Waals surface area contributed by atoms with Crippen LogP contribution >= 0.6 is 12.2 Å². The summed E-state index contributed by atoms with van der Waals surface area (Å²) in [5, 5.41) is 11.5. The molecule has 0 bridgehead atoms. The Morgan fingerprint density at radius 3 is 2.94 bits per heavy atom. The molecule has 0 unspecified atom stereocenters. The number of tetrazole rings is 1. The average molecular weight is 265 g/mol.